The van der Waals surface area contributed by atoms with Gasteiger partial charge in [0.1, 0.15) is 0 Å². The summed E-state index contributed by atoms with van der Waals surface area (Å²) in [5.41, 5.74) is 2.45. The first kappa shape index (κ1) is 17.1. The molecule has 2 rings (SSSR count). The molecule has 0 spiro atoms. The third-order valence-corrected chi connectivity index (χ3v) is 18.3. The molecule has 0 aliphatic heterocycles. The van der Waals surface area contributed by atoms with E-state index in [4.69, 9.17) is 0 Å². The summed E-state index contributed by atoms with van der Waals surface area (Å²) in [6, 6.07) is 17.6. The molecule has 5 heteroatoms. The van der Waals surface area contributed by atoms with Gasteiger partial charge in [0.05, 0.1) is 0 Å². The van der Waals surface area contributed by atoms with Gasteiger partial charge < -0.3 is 0 Å². The Morgan fingerprint density at radius 3 is 1.14 bits per heavy atom. The minimum atomic E-state index is -2.58. The predicted octanol–water partition coefficient (Wildman–Crippen LogP) is 3.16. The van der Waals surface area contributed by atoms with Crippen LogP contribution < -0.4 is 17.0 Å². The van der Waals surface area contributed by atoms with E-state index in [2.05, 4.69) is 112 Å². The number of halogens is 2. The van der Waals surface area contributed by atoms with Gasteiger partial charge in [-0.25, -0.2) is 0 Å². The van der Waals surface area contributed by atoms with Crippen molar-refractivity contribution in [2.24, 2.45) is 0 Å². The van der Waals surface area contributed by atoms with Crippen molar-refractivity contribution in [3.63, 3.8) is 0 Å². The fourth-order valence-corrected chi connectivity index (χ4v) is 11.3. The number of anilines is 2. The number of benzene rings is 2. The summed E-state index contributed by atoms with van der Waals surface area (Å²) in [5, 5.41) is 0. The molecule has 0 heterocycles. The van der Waals surface area contributed by atoms with Crippen LogP contribution in [-0.4, -0.2) is 42.0 Å². The van der Waals surface area contributed by atoms with Crippen LogP contribution in [0.1, 0.15) is 0 Å². The molecular formula is C16H20Br2N2Te. The van der Waals surface area contributed by atoms with Crippen LogP contribution in [0.25, 0.3) is 0 Å². The fourth-order valence-electron chi connectivity index (χ4n) is 1.97. The summed E-state index contributed by atoms with van der Waals surface area (Å²) in [6.45, 7) is 0. The molecule has 114 valence electrons. The first-order valence-electron chi connectivity index (χ1n) is 6.60. The second kappa shape index (κ2) is 6.91. The molecule has 0 radical (unpaired) electrons. The van der Waals surface area contributed by atoms with E-state index in [9.17, 15) is 0 Å². The molecule has 0 saturated carbocycles. The van der Waals surface area contributed by atoms with Crippen molar-refractivity contribution in [1.29, 1.82) is 0 Å². The molecule has 0 unspecified atom stereocenters. The molecule has 0 bridgehead atoms. The number of rotatable bonds is 4. The van der Waals surface area contributed by atoms with Crippen LogP contribution in [0.2, 0.25) is 0 Å². The van der Waals surface area contributed by atoms with E-state index in [0.717, 1.165) is 0 Å². The van der Waals surface area contributed by atoms with Crippen molar-refractivity contribution in [3.8, 4) is 0 Å². The standard InChI is InChI=1S/C16H20Br2N2Te/c1-19(2)13-5-9-15(10-6-13)21(17,18)16-11-7-14(8-12-16)20(3)4/h5-12H,1-4H3. The third kappa shape index (κ3) is 3.96. The van der Waals surface area contributed by atoms with Crippen LogP contribution in [0, 0.1) is 0 Å². The summed E-state index contributed by atoms with van der Waals surface area (Å²) in [5.74, 6) is 0. The molecule has 0 aliphatic carbocycles. The second-order valence-corrected chi connectivity index (χ2v) is 29.5. The maximum atomic E-state index is 4.00. The molecule has 2 aromatic rings. The Kier molecular flexibility index (Phi) is 5.65. The Morgan fingerprint density at radius 2 is 0.905 bits per heavy atom. The molecule has 2 aromatic carbocycles. The van der Waals surface area contributed by atoms with Crippen LogP contribution in [0.3, 0.4) is 0 Å². The fraction of sp³-hybridized carbons (Fsp3) is 0.250. The first-order chi connectivity index (χ1) is 9.82. The van der Waals surface area contributed by atoms with E-state index >= 15 is 0 Å². The van der Waals surface area contributed by atoms with Gasteiger partial charge in [0, 0.05) is 0 Å². The second-order valence-electron chi connectivity index (χ2n) is 5.25. The molecule has 0 amide bonds. The van der Waals surface area contributed by atoms with Gasteiger partial charge in [-0.1, -0.05) is 0 Å². The summed E-state index contributed by atoms with van der Waals surface area (Å²) >= 11 is 5.42. The van der Waals surface area contributed by atoms with Gasteiger partial charge in [0.15, 0.2) is 0 Å². The Labute approximate surface area is 143 Å². The zero-order valence-corrected chi connectivity index (χ0v) is 18.2. The molecule has 0 aromatic heterocycles. The quantitative estimate of drug-likeness (QED) is 0.564. The summed E-state index contributed by atoms with van der Waals surface area (Å²) < 4.78 is 2.72. The van der Waals surface area contributed by atoms with Gasteiger partial charge in [-0.2, -0.15) is 0 Å². The molecule has 0 saturated heterocycles. The van der Waals surface area contributed by atoms with Crippen molar-refractivity contribution in [1.82, 2.24) is 0 Å². The average Bonchev–Trinajstić information content (AvgIpc) is 2.47. The third-order valence-electron chi connectivity index (χ3n) is 3.30. The monoisotopic (exact) mass is 528 g/mol. The zero-order chi connectivity index (χ0) is 15.6. The Bertz CT molecular complexity index is 539. The van der Waals surface area contributed by atoms with E-state index in [0.29, 0.717) is 0 Å². The number of hydrogen-bond acceptors (Lipinski definition) is 2. The van der Waals surface area contributed by atoms with Gasteiger partial charge in [-0.3, -0.25) is 0 Å². The SMILES string of the molecule is CN(C)c1ccc([Te](Br)(Br)c2ccc(N(C)C)cc2)cc1. The summed E-state index contributed by atoms with van der Waals surface area (Å²) in [7, 11) is 8.25. The predicted molar refractivity (Wildman–Crippen MR) is 104 cm³/mol. The minimum absolute atomic E-state index is 1.22. The first-order valence-corrected chi connectivity index (χ1v) is 19.4. The van der Waals surface area contributed by atoms with E-state index in [1.807, 2.05) is 0 Å². The molecule has 0 fully saturated rings. The van der Waals surface area contributed by atoms with Gasteiger partial charge in [-0.05, 0) is 0 Å². The normalized spacial score (nSPS) is 12.1. The van der Waals surface area contributed by atoms with Gasteiger partial charge >= 0.3 is 144 Å². The van der Waals surface area contributed by atoms with E-state index in [1.54, 1.807) is 0 Å². The van der Waals surface area contributed by atoms with Crippen molar-refractivity contribution in [2.45, 2.75) is 0 Å². The number of nitrogens with zero attached hydrogens (tertiary/aromatic N) is 2. The van der Waals surface area contributed by atoms with Crippen LogP contribution in [0.5, 0.6) is 0 Å². The summed E-state index contributed by atoms with van der Waals surface area (Å²) in [4.78, 5) is 4.24. The van der Waals surface area contributed by atoms with Gasteiger partial charge in [0.25, 0.3) is 0 Å². The van der Waals surface area contributed by atoms with Crippen molar-refractivity contribution < 1.29 is 0 Å². The van der Waals surface area contributed by atoms with Crippen LogP contribution in [0.15, 0.2) is 48.5 Å². The van der Waals surface area contributed by atoms with Crippen molar-refractivity contribution in [3.05, 3.63) is 48.5 Å². The van der Waals surface area contributed by atoms with Crippen LogP contribution >= 0.6 is 25.5 Å². The van der Waals surface area contributed by atoms with Crippen molar-refractivity contribution in [2.75, 3.05) is 38.0 Å². The topological polar surface area (TPSA) is 6.48 Å². The van der Waals surface area contributed by atoms with E-state index < -0.39 is 13.8 Å². The molecular weight excluding hydrogens is 508 g/mol. The molecule has 2 nitrogen and oxygen atoms in total. The van der Waals surface area contributed by atoms with E-state index in [1.165, 1.54) is 18.6 Å². The van der Waals surface area contributed by atoms with Gasteiger partial charge in [-0.15, -0.1) is 0 Å². The molecule has 0 atom stereocenters. The summed E-state index contributed by atoms with van der Waals surface area (Å²) in [6.07, 6.45) is 0. The maximum absolute atomic E-state index is 4.00. The Balaban J connectivity index is 2.31. The van der Waals surface area contributed by atoms with Crippen LogP contribution in [0.4, 0.5) is 11.4 Å². The average molecular weight is 528 g/mol. The van der Waals surface area contributed by atoms with Gasteiger partial charge in [0.2, 0.25) is 0 Å². The molecule has 0 N–H and O–H groups in total. The Morgan fingerprint density at radius 1 is 0.619 bits per heavy atom. The Hall–Kier alpha value is -0.210. The van der Waals surface area contributed by atoms with Crippen molar-refractivity contribution >= 4 is 57.9 Å². The zero-order valence-electron chi connectivity index (χ0n) is 12.7. The number of hydrogen-bond donors (Lipinski definition) is 0. The van der Waals surface area contributed by atoms with E-state index in [-0.39, 0.29) is 0 Å². The molecule has 0 aliphatic rings. The van der Waals surface area contributed by atoms with Crippen LogP contribution in [-0.2, 0) is 0 Å². The molecule has 21 heavy (non-hydrogen) atoms.